The van der Waals surface area contributed by atoms with Crippen LogP contribution in [0.5, 0.6) is 5.75 Å². The summed E-state index contributed by atoms with van der Waals surface area (Å²) in [6.07, 6.45) is 0. The van der Waals surface area contributed by atoms with Crippen molar-refractivity contribution in [3.63, 3.8) is 0 Å². The van der Waals surface area contributed by atoms with E-state index in [1.165, 1.54) is 35.1 Å². The molecule has 0 spiro atoms. The summed E-state index contributed by atoms with van der Waals surface area (Å²) in [5, 5.41) is 2.81. The van der Waals surface area contributed by atoms with E-state index in [4.69, 9.17) is 4.18 Å². The Morgan fingerprint density at radius 1 is 0.852 bits per heavy atom. The quantitative estimate of drug-likeness (QED) is 0.384. The fourth-order valence-corrected chi connectivity index (χ4v) is 3.26. The molecule has 0 saturated carbocycles. The number of carbonyl (C=O) groups is 1. The van der Waals surface area contributed by atoms with Gasteiger partial charge in [0.15, 0.2) is 0 Å². The average molecular weight is 397 g/mol. The number of anilines is 1. The van der Waals surface area contributed by atoms with Crippen LogP contribution in [0.3, 0.4) is 0 Å². The van der Waals surface area contributed by atoms with Gasteiger partial charge in [0.05, 0.1) is 12.0 Å². The lowest BCUT2D eigenvalue weighted by Gasteiger charge is -2.09. The van der Waals surface area contributed by atoms with Gasteiger partial charge in [0.25, 0.3) is 0 Å². The standard InChI is InChI=1S/C21H20N2O2S2/c1-15-6-10-19(11-7-15)26-23-21(24)22-17-4-3-5-18(14-17)25-27-20-12-8-16(2)9-13-20/h3-14H,1-2H3,(H2,22,23,24). The molecule has 0 aliphatic heterocycles. The van der Waals surface area contributed by atoms with Crippen molar-refractivity contribution in [3.05, 3.63) is 83.9 Å². The van der Waals surface area contributed by atoms with Crippen LogP contribution in [-0.2, 0) is 0 Å². The van der Waals surface area contributed by atoms with E-state index in [0.717, 1.165) is 9.79 Å². The number of hydrogen-bond donors (Lipinski definition) is 2. The van der Waals surface area contributed by atoms with Gasteiger partial charge in [-0.1, -0.05) is 41.5 Å². The SMILES string of the molecule is Cc1ccc(SNC(=O)Nc2cccc(OSc3ccc(C)cc3)c2)cc1. The lowest BCUT2D eigenvalue weighted by Crippen LogP contribution is -2.22. The molecule has 6 heteroatoms. The van der Waals surface area contributed by atoms with Gasteiger partial charge in [0, 0.05) is 21.5 Å². The van der Waals surface area contributed by atoms with Crippen molar-refractivity contribution < 1.29 is 8.98 Å². The maximum atomic E-state index is 12.1. The van der Waals surface area contributed by atoms with Gasteiger partial charge in [-0.05, 0) is 62.2 Å². The number of rotatable bonds is 6. The van der Waals surface area contributed by atoms with Crippen molar-refractivity contribution in [2.45, 2.75) is 23.6 Å². The predicted molar refractivity (Wildman–Crippen MR) is 113 cm³/mol. The Labute approximate surface area is 168 Å². The van der Waals surface area contributed by atoms with E-state index >= 15 is 0 Å². The highest BCUT2D eigenvalue weighted by Crippen LogP contribution is 2.26. The van der Waals surface area contributed by atoms with Crippen LogP contribution in [0.25, 0.3) is 0 Å². The molecule has 2 amide bonds. The Bertz CT molecular complexity index is 897. The molecule has 0 bridgehead atoms. The van der Waals surface area contributed by atoms with Gasteiger partial charge in [-0.25, -0.2) is 4.79 Å². The number of nitrogens with one attached hydrogen (secondary N) is 2. The Morgan fingerprint density at radius 3 is 2.15 bits per heavy atom. The summed E-state index contributed by atoms with van der Waals surface area (Å²) in [4.78, 5) is 14.1. The predicted octanol–water partition coefficient (Wildman–Crippen LogP) is 6.22. The molecule has 2 N–H and O–H groups in total. The van der Waals surface area contributed by atoms with Crippen molar-refractivity contribution in [2.24, 2.45) is 0 Å². The van der Waals surface area contributed by atoms with E-state index in [9.17, 15) is 4.79 Å². The first kappa shape index (κ1) is 19.2. The van der Waals surface area contributed by atoms with E-state index in [-0.39, 0.29) is 6.03 Å². The zero-order valence-corrected chi connectivity index (χ0v) is 16.7. The lowest BCUT2D eigenvalue weighted by molar-refractivity contribution is 0.257. The molecule has 3 rings (SSSR count). The third kappa shape index (κ3) is 6.27. The van der Waals surface area contributed by atoms with E-state index in [1.807, 2.05) is 80.6 Å². The first-order valence-electron chi connectivity index (χ1n) is 8.40. The summed E-state index contributed by atoms with van der Waals surface area (Å²) in [7, 11) is 0. The number of aryl methyl sites for hydroxylation is 2. The Balaban J connectivity index is 1.51. The van der Waals surface area contributed by atoms with E-state index in [0.29, 0.717) is 11.4 Å². The number of amides is 2. The summed E-state index contributed by atoms with van der Waals surface area (Å²) in [6, 6.07) is 23.1. The number of hydrogen-bond acceptors (Lipinski definition) is 4. The van der Waals surface area contributed by atoms with Crippen LogP contribution in [0, 0.1) is 13.8 Å². The van der Waals surface area contributed by atoms with E-state index < -0.39 is 0 Å². The Kier molecular flexibility index (Phi) is 6.68. The third-order valence-corrected chi connectivity index (χ3v) is 5.17. The molecule has 0 fully saturated rings. The molecule has 0 unspecified atom stereocenters. The van der Waals surface area contributed by atoms with Crippen molar-refractivity contribution in [1.29, 1.82) is 0 Å². The second kappa shape index (κ2) is 9.39. The molecule has 27 heavy (non-hydrogen) atoms. The van der Waals surface area contributed by atoms with Gasteiger partial charge >= 0.3 is 6.03 Å². The van der Waals surface area contributed by atoms with Gasteiger partial charge in [-0.3, -0.25) is 4.72 Å². The average Bonchev–Trinajstić information content (AvgIpc) is 2.67. The van der Waals surface area contributed by atoms with E-state index in [2.05, 4.69) is 10.0 Å². The fourth-order valence-electron chi connectivity index (χ4n) is 2.18. The molecule has 0 saturated heterocycles. The minimum absolute atomic E-state index is 0.288. The minimum atomic E-state index is -0.288. The smallest absolute Gasteiger partial charge is 0.329 e. The summed E-state index contributed by atoms with van der Waals surface area (Å²) >= 11 is 2.56. The molecule has 3 aromatic carbocycles. The van der Waals surface area contributed by atoms with E-state index in [1.54, 1.807) is 6.07 Å². The molecule has 3 aromatic rings. The highest BCUT2D eigenvalue weighted by Gasteiger charge is 2.05. The largest absolute Gasteiger partial charge is 0.421 e. The number of carbonyl (C=O) groups excluding carboxylic acids is 1. The summed E-state index contributed by atoms with van der Waals surface area (Å²) in [6.45, 7) is 4.08. The van der Waals surface area contributed by atoms with Gasteiger partial charge in [-0.15, -0.1) is 0 Å². The molecule has 0 heterocycles. The lowest BCUT2D eigenvalue weighted by atomic mass is 10.2. The van der Waals surface area contributed by atoms with Gasteiger partial charge in [0.1, 0.15) is 5.75 Å². The molecule has 138 valence electrons. The minimum Gasteiger partial charge on any atom is -0.421 e. The molecular formula is C21H20N2O2S2. The maximum Gasteiger partial charge on any atom is 0.329 e. The fraction of sp³-hybridized carbons (Fsp3) is 0.0952. The van der Waals surface area contributed by atoms with Crippen molar-refractivity contribution in [2.75, 3.05) is 5.32 Å². The van der Waals surface area contributed by atoms with Crippen LogP contribution in [0.15, 0.2) is 82.6 Å². The van der Waals surface area contributed by atoms with Gasteiger partial charge in [-0.2, -0.15) is 0 Å². The first-order chi connectivity index (χ1) is 13.1. The Morgan fingerprint density at radius 2 is 1.48 bits per heavy atom. The van der Waals surface area contributed by atoms with Crippen LogP contribution in [0.2, 0.25) is 0 Å². The molecular weight excluding hydrogens is 376 g/mol. The molecule has 0 radical (unpaired) electrons. The highest BCUT2D eigenvalue weighted by atomic mass is 32.2. The summed E-state index contributed by atoms with van der Waals surface area (Å²) < 4.78 is 8.50. The molecule has 0 atom stereocenters. The van der Waals surface area contributed by atoms with Crippen LogP contribution < -0.4 is 14.2 Å². The van der Waals surface area contributed by atoms with Crippen LogP contribution in [0.4, 0.5) is 10.5 Å². The molecule has 0 aliphatic carbocycles. The number of urea groups is 1. The topological polar surface area (TPSA) is 50.4 Å². The zero-order chi connectivity index (χ0) is 19.1. The van der Waals surface area contributed by atoms with Crippen molar-refractivity contribution in [1.82, 2.24) is 4.72 Å². The number of benzene rings is 3. The normalized spacial score (nSPS) is 10.3. The monoisotopic (exact) mass is 396 g/mol. The third-order valence-electron chi connectivity index (χ3n) is 3.63. The highest BCUT2D eigenvalue weighted by molar-refractivity contribution is 7.98. The first-order valence-corrected chi connectivity index (χ1v) is 9.96. The Hall–Kier alpha value is -2.57. The summed E-state index contributed by atoms with van der Waals surface area (Å²) in [5.41, 5.74) is 3.06. The van der Waals surface area contributed by atoms with Crippen LogP contribution >= 0.6 is 24.0 Å². The van der Waals surface area contributed by atoms with Crippen LogP contribution in [-0.4, -0.2) is 6.03 Å². The molecule has 0 aliphatic rings. The summed E-state index contributed by atoms with van der Waals surface area (Å²) in [5.74, 6) is 0.671. The second-order valence-electron chi connectivity index (χ2n) is 5.98. The van der Waals surface area contributed by atoms with Crippen LogP contribution in [0.1, 0.15) is 11.1 Å². The van der Waals surface area contributed by atoms with Crippen molar-refractivity contribution in [3.8, 4) is 5.75 Å². The zero-order valence-electron chi connectivity index (χ0n) is 15.1. The second-order valence-corrected chi connectivity index (χ2v) is 7.66. The van der Waals surface area contributed by atoms with Crippen molar-refractivity contribution >= 4 is 35.7 Å². The van der Waals surface area contributed by atoms with Gasteiger partial charge < -0.3 is 9.50 Å². The molecule has 4 nitrogen and oxygen atoms in total. The van der Waals surface area contributed by atoms with Gasteiger partial charge in [0.2, 0.25) is 0 Å². The maximum absolute atomic E-state index is 12.1. The molecule has 0 aromatic heterocycles.